The first-order valence-electron chi connectivity index (χ1n) is 14.1. The molecule has 12 nitrogen and oxygen atoms in total. The summed E-state index contributed by atoms with van der Waals surface area (Å²) < 4.78 is 12.1. The van der Waals surface area contributed by atoms with Crippen molar-refractivity contribution in [2.75, 3.05) is 25.6 Å². The second-order valence-electron chi connectivity index (χ2n) is 11.0. The van der Waals surface area contributed by atoms with Crippen LogP contribution >= 0.6 is 0 Å². The molecule has 1 aromatic heterocycles. The maximum absolute atomic E-state index is 13.9. The van der Waals surface area contributed by atoms with Gasteiger partial charge in [-0.2, -0.15) is 5.10 Å². The minimum absolute atomic E-state index is 0.105. The number of ether oxygens (including phenoxy) is 2. The first-order valence-corrected chi connectivity index (χ1v) is 14.1. The van der Waals surface area contributed by atoms with E-state index in [0.717, 1.165) is 5.56 Å². The Morgan fingerprint density at radius 3 is 2.40 bits per heavy atom. The highest BCUT2D eigenvalue weighted by atomic mass is 16.5. The SMILES string of the molecule is COC(=O)[C@@H]1CCCN1C(=O)C(c1ccccc1)n1cc(NC(=O)[C@@H](COCc2ccccc2)NC(=O)C(C)(C)N)cn1. The zero-order valence-corrected chi connectivity index (χ0v) is 24.6. The second kappa shape index (κ2) is 14.1. The number of rotatable bonds is 12. The van der Waals surface area contributed by atoms with Gasteiger partial charge in [-0.05, 0) is 37.8 Å². The van der Waals surface area contributed by atoms with Crippen LogP contribution in [0.5, 0.6) is 0 Å². The van der Waals surface area contributed by atoms with Gasteiger partial charge in [0.05, 0.1) is 37.7 Å². The lowest BCUT2D eigenvalue weighted by Crippen LogP contribution is -2.56. The summed E-state index contributed by atoms with van der Waals surface area (Å²) in [5, 5.41) is 9.81. The van der Waals surface area contributed by atoms with E-state index in [4.69, 9.17) is 15.2 Å². The molecule has 4 N–H and O–H groups in total. The van der Waals surface area contributed by atoms with Gasteiger partial charge in [0.25, 0.3) is 5.91 Å². The first kappa shape index (κ1) is 31.4. The molecule has 1 aliphatic rings. The van der Waals surface area contributed by atoms with Crippen LogP contribution in [-0.4, -0.2) is 76.3 Å². The lowest BCUT2D eigenvalue weighted by molar-refractivity contribution is -0.151. The highest BCUT2D eigenvalue weighted by molar-refractivity contribution is 5.98. The van der Waals surface area contributed by atoms with Crippen LogP contribution in [0.3, 0.4) is 0 Å². The van der Waals surface area contributed by atoms with Gasteiger partial charge in [0.15, 0.2) is 6.04 Å². The Hall–Kier alpha value is -4.55. The molecule has 0 aliphatic carbocycles. The van der Waals surface area contributed by atoms with Gasteiger partial charge < -0.3 is 30.7 Å². The number of likely N-dealkylation sites (tertiary alicyclic amines) is 1. The summed E-state index contributed by atoms with van der Waals surface area (Å²) in [7, 11) is 1.30. The average molecular weight is 591 g/mol. The minimum Gasteiger partial charge on any atom is -0.467 e. The Kier molecular flexibility index (Phi) is 10.3. The summed E-state index contributed by atoms with van der Waals surface area (Å²) in [5.74, 6) is -1.84. The fourth-order valence-electron chi connectivity index (χ4n) is 4.78. The smallest absolute Gasteiger partial charge is 0.328 e. The molecule has 3 atom stereocenters. The third kappa shape index (κ3) is 8.05. The van der Waals surface area contributed by atoms with Gasteiger partial charge in [0.2, 0.25) is 11.8 Å². The van der Waals surface area contributed by atoms with Crippen LogP contribution < -0.4 is 16.4 Å². The predicted octanol–water partition coefficient (Wildman–Crippen LogP) is 2.01. The van der Waals surface area contributed by atoms with Crippen molar-refractivity contribution in [3.05, 3.63) is 84.2 Å². The number of nitrogens with one attached hydrogen (secondary N) is 2. The van der Waals surface area contributed by atoms with E-state index < -0.39 is 41.4 Å². The first-order chi connectivity index (χ1) is 20.6. The highest BCUT2D eigenvalue weighted by Crippen LogP contribution is 2.27. The molecule has 4 rings (SSSR count). The summed E-state index contributed by atoms with van der Waals surface area (Å²) in [6, 6.07) is 15.9. The standard InChI is InChI=1S/C31H38N6O6/c1-31(2,32)30(41)35-24(20-43-19-21-11-6-4-7-12-21)27(38)34-23-17-33-37(18-23)26(22-13-8-5-9-14-22)28(39)36-16-10-15-25(36)29(40)42-3/h4-9,11-14,17-18,24-26H,10,15-16,19-20,32H2,1-3H3,(H,34,38)(H,35,41)/t24-,25+,26?/m1/s1. The number of anilines is 1. The summed E-state index contributed by atoms with van der Waals surface area (Å²) in [6.45, 7) is 3.63. The van der Waals surface area contributed by atoms with Crippen LogP contribution in [0.2, 0.25) is 0 Å². The Labute approximate surface area is 250 Å². The largest absolute Gasteiger partial charge is 0.467 e. The van der Waals surface area contributed by atoms with Crippen molar-refractivity contribution in [2.24, 2.45) is 5.73 Å². The average Bonchev–Trinajstić information content (AvgIpc) is 3.67. The van der Waals surface area contributed by atoms with Crippen LogP contribution in [0.15, 0.2) is 73.1 Å². The van der Waals surface area contributed by atoms with Crippen LogP contribution in [0, 0.1) is 0 Å². The van der Waals surface area contributed by atoms with Crippen molar-refractivity contribution in [1.82, 2.24) is 20.0 Å². The normalized spacial score (nSPS) is 16.3. The fourth-order valence-corrected chi connectivity index (χ4v) is 4.78. The number of hydrogen-bond acceptors (Lipinski definition) is 8. The molecule has 228 valence electrons. The molecule has 0 radical (unpaired) electrons. The van der Waals surface area contributed by atoms with Gasteiger partial charge in [0.1, 0.15) is 12.1 Å². The topological polar surface area (TPSA) is 158 Å². The van der Waals surface area contributed by atoms with E-state index in [1.54, 1.807) is 12.1 Å². The van der Waals surface area contributed by atoms with E-state index in [1.807, 2.05) is 48.5 Å². The third-order valence-corrected chi connectivity index (χ3v) is 7.10. The maximum Gasteiger partial charge on any atom is 0.328 e. The van der Waals surface area contributed by atoms with Crippen molar-refractivity contribution in [3.63, 3.8) is 0 Å². The van der Waals surface area contributed by atoms with Gasteiger partial charge in [-0.1, -0.05) is 60.7 Å². The number of esters is 1. The molecule has 1 aliphatic heterocycles. The molecule has 43 heavy (non-hydrogen) atoms. The molecular formula is C31H38N6O6. The van der Waals surface area contributed by atoms with Crippen molar-refractivity contribution in [3.8, 4) is 0 Å². The molecule has 3 amide bonds. The molecule has 0 saturated carbocycles. The van der Waals surface area contributed by atoms with Crippen molar-refractivity contribution in [2.45, 2.75) is 57.0 Å². The van der Waals surface area contributed by atoms with Crippen LogP contribution in [-0.2, 0) is 35.3 Å². The van der Waals surface area contributed by atoms with E-state index in [-0.39, 0.29) is 19.1 Å². The summed E-state index contributed by atoms with van der Waals surface area (Å²) >= 11 is 0. The quantitative estimate of drug-likeness (QED) is 0.270. The van der Waals surface area contributed by atoms with Gasteiger partial charge in [-0.15, -0.1) is 0 Å². The van der Waals surface area contributed by atoms with E-state index >= 15 is 0 Å². The van der Waals surface area contributed by atoms with Crippen molar-refractivity contribution < 1.29 is 28.7 Å². The Balaban J connectivity index is 1.53. The maximum atomic E-state index is 13.9. The number of carbonyl (C=O) groups is 4. The molecule has 0 spiro atoms. The molecular weight excluding hydrogens is 552 g/mol. The number of hydrogen-bond donors (Lipinski definition) is 3. The minimum atomic E-state index is -1.22. The van der Waals surface area contributed by atoms with E-state index in [2.05, 4.69) is 15.7 Å². The van der Waals surface area contributed by atoms with Gasteiger partial charge in [-0.3, -0.25) is 19.1 Å². The summed E-state index contributed by atoms with van der Waals surface area (Å²) in [5.41, 5.74) is 6.61. The molecule has 1 saturated heterocycles. The fraction of sp³-hybridized carbons (Fsp3) is 0.387. The predicted molar refractivity (Wildman–Crippen MR) is 158 cm³/mol. The summed E-state index contributed by atoms with van der Waals surface area (Å²) in [6.07, 6.45) is 4.14. The molecule has 1 fully saturated rings. The Morgan fingerprint density at radius 1 is 1.07 bits per heavy atom. The number of nitrogens with two attached hydrogens (primary N) is 1. The number of methoxy groups -OCH3 is 1. The van der Waals surface area contributed by atoms with Crippen LogP contribution in [0.4, 0.5) is 5.69 Å². The molecule has 2 aromatic carbocycles. The zero-order chi connectivity index (χ0) is 31.0. The van der Waals surface area contributed by atoms with Gasteiger partial charge in [0, 0.05) is 12.7 Å². The van der Waals surface area contributed by atoms with Crippen LogP contribution in [0.25, 0.3) is 0 Å². The Morgan fingerprint density at radius 2 is 1.74 bits per heavy atom. The zero-order valence-electron chi connectivity index (χ0n) is 24.6. The number of amides is 3. The molecule has 0 bridgehead atoms. The van der Waals surface area contributed by atoms with Gasteiger partial charge in [-0.25, -0.2) is 4.79 Å². The van der Waals surface area contributed by atoms with Gasteiger partial charge >= 0.3 is 5.97 Å². The number of nitrogens with zero attached hydrogens (tertiary/aromatic N) is 3. The van der Waals surface area contributed by atoms with E-state index in [9.17, 15) is 19.2 Å². The highest BCUT2D eigenvalue weighted by Gasteiger charge is 2.39. The third-order valence-electron chi connectivity index (χ3n) is 7.10. The second-order valence-corrected chi connectivity index (χ2v) is 11.0. The molecule has 12 heteroatoms. The van der Waals surface area contributed by atoms with E-state index in [0.29, 0.717) is 30.6 Å². The molecule has 2 heterocycles. The summed E-state index contributed by atoms with van der Waals surface area (Å²) in [4.78, 5) is 53.8. The number of benzene rings is 2. The molecule has 1 unspecified atom stereocenters. The molecule has 3 aromatic rings. The number of carbonyl (C=O) groups excluding carboxylic acids is 4. The number of aromatic nitrogens is 2. The van der Waals surface area contributed by atoms with Crippen molar-refractivity contribution in [1.29, 1.82) is 0 Å². The Bertz CT molecular complexity index is 1400. The lowest BCUT2D eigenvalue weighted by atomic mass is 10.1. The monoisotopic (exact) mass is 590 g/mol. The van der Waals surface area contributed by atoms with Crippen LogP contribution in [0.1, 0.15) is 43.9 Å². The van der Waals surface area contributed by atoms with E-state index in [1.165, 1.54) is 42.9 Å². The van der Waals surface area contributed by atoms with Crippen molar-refractivity contribution >= 4 is 29.4 Å². The lowest BCUT2D eigenvalue weighted by Gasteiger charge is -2.28.